The highest BCUT2D eigenvalue weighted by Gasteiger charge is 2.25. The lowest BCUT2D eigenvalue weighted by Crippen LogP contribution is -2.40. The largest absolute Gasteiger partial charge is 0.477 e. The Morgan fingerprint density at radius 2 is 0.606 bits per heavy atom. The molecule has 0 bridgehead atoms. The number of carbonyl (C=O) groups is 3. The zero-order valence-corrected chi connectivity index (χ0v) is 62.6. The number of ether oxygens (including phenoxy) is 4. The third kappa shape index (κ3) is 75.8. The molecule has 0 spiro atoms. The summed E-state index contributed by atoms with van der Waals surface area (Å²) in [4.78, 5) is 37.7. The number of rotatable bonds is 75. The lowest BCUT2D eigenvalue weighted by Gasteiger charge is -2.25. The first-order chi connectivity index (χ1) is 46.1. The molecule has 0 radical (unpaired) electrons. The van der Waals surface area contributed by atoms with E-state index >= 15 is 0 Å². The molecule has 0 heterocycles. The fourth-order valence-corrected chi connectivity index (χ4v) is 11.8. The molecule has 94 heavy (non-hydrogen) atoms. The van der Waals surface area contributed by atoms with E-state index in [-0.39, 0.29) is 38.2 Å². The van der Waals surface area contributed by atoms with Gasteiger partial charge in [0.25, 0.3) is 6.29 Å². The van der Waals surface area contributed by atoms with Gasteiger partial charge in [0.15, 0.2) is 6.10 Å². The number of aliphatic carboxylic acids is 1. The minimum absolute atomic E-state index is 0.178. The first-order valence-electron chi connectivity index (χ1n) is 40.3. The maximum atomic E-state index is 13.0. The third-order valence-electron chi connectivity index (χ3n) is 17.9. The number of carboxylic acids is 1. The number of allylic oxidation sites excluding steroid dienone is 14. The first-order valence-corrected chi connectivity index (χ1v) is 40.3. The van der Waals surface area contributed by atoms with Crippen molar-refractivity contribution >= 4 is 17.9 Å². The number of hydrogen-bond acceptors (Lipinski definition) is 7. The molecular formula is C85H154NO8+. The van der Waals surface area contributed by atoms with Gasteiger partial charge in [-0.3, -0.25) is 9.59 Å². The maximum Gasteiger partial charge on any atom is 0.361 e. The molecule has 0 amide bonds. The van der Waals surface area contributed by atoms with Crippen molar-refractivity contribution in [2.45, 2.75) is 392 Å². The minimum atomic E-state index is -1.51. The van der Waals surface area contributed by atoms with Gasteiger partial charge in [-0.15, -0.1) is 0 Å². The van der Waals surface area contributed by atoms with Gasteiger partial charge in [-0.1, -0.05) is 381 Å². The summed E-state index contributed by atoms with van der Waals surface area (Å²) < 4.78 is 23.1. The standard InChI is InChI=1S/C85H153NO8/c1-6-8-10-12-14-16-18-20-22-24-26-28-30-32-34-36-37-38-39-40-41-42-43-44-45-46-47-48-50-52-54-56-58-60-62-64-66-68-70-72-74-76-83(88)94-81(80-93-85(84(89)90)91-78-77-86(3,4)5)79-92-82(87)75-73-71-69-67-65-63-61-59-57-55-53-51-49-35-33-31-29-27-25-23-21-19-17-15-13-11-9-7-2/h8,10,14,16,20,22,26,28,32,34,37-38,40-41,81,85H,6-7,9,11-13,15,17-19,21,23-25,27,29-31,33,35-36,39,42-80H2,1-5H3/p+1/b10-8-,16-14-,22-20-,28-26-,34-32-,38-37-,41-40-. The summed E-state index contributed by atoms with van der Waals surface area (Å²) in [5.41, 5.74) is 0. The van der Waals surface area contributed by atoms with Crippen molar-refractivity contribution < 1.29 is 42.9 Å². The number of unbranched alkanes of at least 4 members (excludes halogenated alkanes) is 46. The van der Waals surface area contributed by atoms with E-state index in [1.165, 1.54) is 270 Å². The van der Waals surface area contributed by atoms with E-state index < -0.39 is 18.4 Å². The van der Waals surface area contributed by atoms with Crippen molar-refractivity contribution in [3.8, 4) is 0 Å². The minimum Gasteiger partial charge on any atom is -0.477 e. The predicted octanol–water partition coefficient (Wildman–Crippen LogP) is 25.8. The van der Waals surface area contributed by atoms with Gasteiger partial charge in [-0.05, 0) is 70.6 Å². The van der Waals surface area contributed by atoms with Gasteiger partial charge in [-0.25, -0.2) is 4.79 Å². The van der Waals surface area contributed by atoms with E-state index in [1.54, 1.807) is 0 Å². The van der Waals surface area contributed by atoms with E-state index in [1.807, 2.05) is 21.1 Å². The molecule has 0 aromatic rings. The van der Waals surface area contributed by atoms with Crippen molar-refractivity contribution in [1.29, 1.82) is 0 Å². The van der Waals surface area contributed by atoms with Crippen molar-refractivity contribution in [2.24, 2.45) is 0 Å². The van der Waals surface area contributed by atoms with Crippen molar-refractivity contribution in [3.05, 3.63) is 85.1 Å². The molecule has 0 saturated heterocycles. The summed E-state index contributed by atoms with van der Waals surface area (Å²) in [5.74, 6) is -1.98. The molecule has 546 valence electrons. The zero-order valence-electron chi connectivity index (χ0n) is 62.6. The number of hydrogen-bond donors (Lipinski definition) is 1. The molecule has 0 aliphatic rings. The van der Waals surface area contributed by atoms with Gasteiger partial charge in [0.1, 0.15) is 13.2 Å². The van der Waals surface area contributed by atoms with Crippen LogP contribution in [0.25, 0.3) is 0 Å². The van der Waals surface area contributed by atoms with Gasteiger partial charge in [0.05, 0.1) is 34.4 Å². The molecule has 0 fully saturated rings. The van der Waals surface area contributed by atoms with Gasteiger partial charge < -0.3 is 28.5 Å². The Hall–Kier alpha value is -3.53. The lowest BCUT2D eigenvalue weighted by molar-refractivity contribution is -0.870. The van der Waals surface area contributed by atoms with E-state index in [4.69, 9.17) is 18.9 Å². The fourth-order valence-electron chi connectivity index (χ4n) is 11.8. The molecule has 0 aromatic heterocycles. The van der Waals surface area contributed by atoms with Crippen LogP contribution in [0.15, 0.2) is 85.1 Å². The summed E-state index contributed by atoms with van der Waals surface area (Å²) in [6.45, 7) is 4.83. The fraction of sp³-hybridized carbons (Fsp3) is 0.800. The second kappa shape index (κ2) is 75.2. The van der Waals surface area contributed by atoms with Crippen LogP contribution < -0.4 is 0 Å². The van der Waals surface area contributed by atoms with Crippen LogP contribution in [0.5, 0.6) is 0 Å². The Bertz CT molecular complexity index is 1820. The first kappa shape index (κ1) is 90.5. The van der Waals surface area contributed by atoms with Crippen LogP contribution in [0.4, 0.5) is 0 Å². The second-order valence-electron chi connectivity index (χ2n) is 28.4. The Morgan fingerprint density at radius 1 is 0.330 bits per heavy atom. The highest BCUT2D eigenvalue weighted by molar-refractivity contribution is 5.71. The van der Waals surface area contributed by atoms with Crippen molar-refractivity contribution in [1.82, 2.24) is 0 Å². The highest BCUT2D eigenvalue weighted by Crippen LogP contribution is 2.20. The molecule has 1 N–H and O–H groups in total. The normalized spacial score (nSPS) is 13.1. The lowest BCUT2D eigenvalue weighted by atomic mass is 10.0. The molecule has 0 rings (SSSR count). The number of likely N-dealkylation sites (N-methyl/N-ethyl adjacent to an activating group) is 1. The highest BCUT2D eigenvalue weighted by atomic mass is 16.7. The van der Waals surface area contributed by atoms with E-state index in [0.717, 1.165) is 83.5 Å². The number of esters is 2. The number of nitrogens with zero attached hydrogens (tertiary/aromatic N) is 1. The van der Waals surface area contributed by atoms with Gasteiger partial charge in [-0.2, -0.15) is 0 Å². The Kier molecular flexibility index (Phi) is 72.4. The van der Waals surface area contributed by atoms with Crippen molar-refractivity contribution in [2.75, 3.05) is 47.5 Å². The van der Waals surface area contributed by atoms with Gasteiger partial charge in [0, 0.05) is 12.8 Å². The van der Waals surface area contributed by atoms with E-state index in [0.29, 0.717) is 17.4 Å². The van der Waals surface area contributed by atoms with Crippen LogP contribution in [-0.2, 0) is 33.3 Å². The van der Waals surface area contributed by atoms with Crippen molar-refractivity contribution in [3.63, 3.8) is 0 Å². The summed E-state index contributed by atoms with van der Waals surface area (Å²) in [6, 6.07) is 0. The quantitative estimate of drug-likeness (QED) is 0.0211. The Balaban J connectivity index is 3.99. The molecule has 9 nitrogen and oxygen atoms in total. The number of carboxylic acid groups (broad SMARTS) is 1. The smallest absolute Gasteiger partial charge is 0.361 e. The van der Waals surface area contributed by atoms with Crippen LogP contribution in [0.3, 0.4) is 0 Å². The molecule has 0 aliphatic heterocycles. The average Bonchev–Trinajstić information content (AvgIpc) is 3.42. The monoisotopic (exact) mass is 1320 g/mol. The van der Waals surface area contributed by atoms with Gasteiger partial charge >= 0.3 is 17.9 Å². The van der Waals surface area contributed by atoms with Crippen LogP contribution in [0.2, 0.25) is 0 Å². The summed E-state index contributed by atoms with van der Waals surface area (Å²) in [6.07, 6.45) is 100. The molecule has 2 atom stereocenters. The van der Waals surface area contributed by atoms with E-state index in [9.17, 15) is 19.5 Å². The molecule has 0 saturated carbocycles. The number of quaternary nitrogens is 1. The topological polar surface area (TPSA) is 108 Å². The molecule has 9 heteroatoms. The van der Waals surface area contributed by atoms with E-state index in [2.05, 4.69) is 98.9 Å². The molecule has 0 aliphatic carbocycles. The third-order valence-corrected chi connectivity index (χ3v) is 17.9. The molecule has 0 aromatic carbocycles. The summed E-state index contributed by atoms with van der Waals surface area (Å²) in [5, 5.41) is 9.77. The second-order valence-corrected chi connectivity index (χ2v) is 28.4. The summed E-state index contributed by atoms with van der Waals surface area (Å²) in [7, 11) is 5.99. The zero-order chi connectivity index (χ0) is 68.2. The SMILES string of the molecule is CC/C=C\C/C=C\C/C=C\C/C=C\C/C=C\C/C=C\C/C=C\CCCCCCCCCCCCCCCCCCCCCC(=O)OC(COC(=O)CCCCCCCCCCCCCCCCCCCCCCCCCCCCCC)COC(OCC[N+](C)(C)C)C(=O)O. The van der Waals surface area contributed by atoms with Crippen LogP contribution >= 0.6 is 0 Å². The molecular weight excluding hydrogens is 1160 g/mol. The average molecular weight is 1320 g/mol. The van der Waals surface area contributed by atoms with Crippen LogP contribution in [0.1, 0.15) is 380 Å². The predicted molar refractivity (Wildman–Crippen MR) is 406 cm³/mol. The number of carbonyl (C=O) groups excluding carboxylic acids is 2. The summed E-state index contributed by atoms with van der Waals surface area (Å²) >= 11 is 0. The van der Waals surface area contributed by atoms with Crippen LogP contribution in [0, 0.1) is 0 Å². The Morgan fingerprint density at radius 3 is 0.904 bits per heavy atom. The van der Waals surface area contributed by atoms with Crippen LogP contribution in [-0.4, -0.2) is 87.4 Å². The Labute approximate surface area is 582 Å². The molecule has 2 unspecified atom stereocenters. The van der Waals surface area contributed by atoms with Gasteiger partial charge in [0.2, 0.25) is 0 Å². The maximum absolute atomic E-state index is 13.0.